The van der Waals surface area contributed by atoms with Crippen LogP contribution >= 0.6 is 15.9 Å². The Labute approximate surface area is 110 Å². The average Bonchev–Trinajstić information content (AvgIpc) is 2.38. The van der Waals surface area contributed by atoms with E-state index in [1.54, 1.807) is 0 Å². The fraction of sp³-hybridized carbons (Fsp3) is 0.462. The van der Waals surface area contributed by atoms with Crippen molar-refractivity contribution in [3.63, 3.8) is 0 Å². The Kier molecular flexibility index (Phi) is 4.03. The zero-order valence-corrected chi connectivity index (χ0v) is 11.4. The first-order valence-corrected chi connectivity index (χ1v) is 6.51. The van der Waals surface area contributed by atoms with Crippen LogP contribution in [-0.2, 0) is 4.74 Å². The molecule has 0 saturated carbocycles. The maximum absolute atomic E-state index is 8.97. The second kappa shape index (κ2) is 5.52. The molecule has 3 nitrogen and oxygen atoms in total. The maximum atomic E-state index is 8.97. The van der Waals surface area contributed by atoms with E-state index >= 15 is 0 Å². The number of benzene rings is 1. The summed E-state index contributed by atoms with van der Waals surface area (Å²) < 4.78 is 6.32. The van der Waals surface area contributed by atoms with Gasteiger partial charge in [-0.3, -0.25) is 0 Å². The molecule has 1 saturated heterocycles. The van der Waals surface area contributed by atoms with E-state index in [-0.39, 0.29) is 0 Å². The van der Waals surface area contributed by atoms with Crippen LogP contribution < -0.4 is 4.90 Å². The van der Waals surface area contributed by atoms with Gasteiger partial charge in [0.15, 0.2) is 0 Å². The molecule has 90 valence electrons. The third-order valence-corrected chi connectivity index (χ3v) is 3.62. The fourth-order valence-electron chi connectivity index (χ4n) is 2.13. The maximum Gasteiger partial charge on any atom is 0.0992 e. The van der Waals surface area contributed by atoms with E-state index in [9.17, 15) is 0 Å². The van der Waals surface area contributed by atoms with Crippen LogP contribution in [0.15, 0.2) is 22.7 Å². The monoisotopic (exact) mass is 294 g/mol. The summed E-state index contributed by atoms with van der Waals surface area (Å²) in [6.07, 6.45) is 2.09. The summed E-state index contributed by atoms with van der Waals surface area (Å²) in [5.74, 6) is 0. The van der Waals surface area contributed by atoms with Crippen LogP contribution in [0.2, 0.25) is 0 Å². The molecule has 1 aromatic rings. The summed E-state index contributed by atoms with van der Waals surface area (Å²) in [5, 5.41) is 8.97. The third-order valence-electron chi connectivity index (χ3n) is 3.16. The molecule has 0 amide bonds. The Balaban J connectivity index is 2.20. The number of anilines is 1. The Morgan fingerprint density at radius 2 is 2.06 bits per heavy atom. The lowest BCUT2D eigenvalue weighted by Gasteiger charge is -2.33. The number of nitriles is 1. The van der Waals surface area contributed by atoms with Crippen molar-refractivity contribution in [1.82, 2.24) is 0 Å². The molecule has 0 bridgehead atoms. The van der Waals surface area contributed by atoms with Crippen molar-refractivity contribution >= 4 is 21.6 Å². The molecule has 0 unspecified atom stereocenters. The van der Waals surface area contributed by atoms with Gasteiger partial charge in [-0.2, -0.15) is 5.26 Å². The Morgan fingerprint density at radius 1 is 1.35 bits per heavy atom. The van der Waals surface area contributed by atoms with Gasteiger partial charge in [0.05, 0.1) is 11.6 Å². The molecule has 1 aromatic carbocycles. The van der Waals surface area contributed by atoms with Crippen LogP contribution in [0.4, 0.5) is 5.69 Å². The van der Waals surface area contributed by atoms with Gasteiger partial charge >= 0.3 is 0 Å². The molecule has 1 fully saturated rings. The minimum atomic E-state index is 0.504. The smallest absolute Gasteiger partial charge is 0.0992 e. The summed E-state index contributed by atoms with van der Waals surface area (Å²) in [6, 6.07) is 8.51. The van der Waals surface area contributed by atoms with E-state index in [1.165, 1.54) is 0 Å². The van der Waals surface area contributed by atoms with Crippen molar-refractivity contribution in [1.29, 1.82) is 5.26 Å². The first-order valence-electron chi connectivity index (χ1n) is 5.72. The van der Waals surface area contributed by atoms with Gasteiger partial charge in [-0.15, -0.1) is 0 Å². The SMILES string of the molecule is CN(c1cc(Br)cc(C#N)c1)C1CCOCC1. The van der Waals surface area contributed by atoms with E-state index in [4.69, 9.17) is 10.00 Å². The van der Waals surface area contributed by atoms with Crippen molar-refractivity contribution in [2.45, 2.75) is 18.9 Å². The number of halogens is 1. The number of rotatable bonds is 2. The largest absolute Gasteiger partial charge is 0.381 e. The van der Waals surface area contributed by atoms with Gasteiger partial charge in [-0.25, -0.2) is 0 Å². The van der Waals surface area contributed by atoms with Gasteiger partial charge in [0.1, 0.15) is 0 Å². The lowest BCUT2D eigenvalue weighted by atomic mass is 10.1. The molecular weight excluding hydrogens is 280 g/mol. The molecule has 0 spiro atoms. The topological polar surface area (TPSA) is 36.3 Å². The van der Waals surface area contributed by atoms with Crippen LogP contribution in [0.25, 0.3) is 0 Å². The summed E-state index contributed by atoms with van der Waals surface area (Å²) in [4.78, 5) is 2.24. The van der Waals surface area contributed by atoms with Gasteiger partial charge in [-0.05, 0) is 31.0 Å². The first-order chi connectivity index (χ1) is 8.20. The van der Waals surface area contributed by atoms with Gasteiger partial charge in [0.2, 0.25) is 0 Å². The van der Waals surface area contributed by atoms with E-state index < -0.39 is 0 Å². The predicted molar refractivity (Wildman–Crippen MR) is 71.1 cm³/mol. The predicted octanol–water partition coefficient (Wildman–Crippen LogP) is 2.94. The molecule has 0 aliphatic carbocycles. The molecule has 0 atom stereocenters. The van der Waals surface area contributed by atoms with Crippen molar-refractivity contribution in [2.24, 2.45) is 0 Å². The summed E-state index contributed by atoms with van der Waals surface area (Å²) in [6.45, 7) is 1.65. The minimum Gasteiger partial charge on any atom is -0.381 e. The van der Waals surface area contributed by atoms with E-state index in [1.807, 2.05) is 12.1 Å². The van der Waals surface area contributed by atoms with Gasteiger partial charge < -0.3 is 9.64 Å². The molecule has 0 aromatic heterocycles. The standard InChI is InChI=1S/C13H15BrN2O/c1-16(12-2-4-17-5-3-12)13-7-10(9-15)6-11(14)8-13/h6-8,12H,2-5H2,1H3. The second-order valence-electron chi connectivity index (χ2n) is 4.26. The zero-order chi connectivity index (χ0) is 12.3. The lowest BCUT2D eigenvalue weighted by molar-refractivity contribution is 0.0855. The van der Waals surface area contributed by atoms with Crippen LogP contribution in [0.1, 0.15) is 18.4 Å². The molecule has 4 heteroatoms. The molecule has 1 aliphatic heterocycles. The number of ether oxygens (including phenoxy) is 1. The quantitative estimate of drug-likeness (QED) is 0.841. The van der Waals surface area contributed by atoms with Crippen LogP contribution in [0.3, 0.4) is 0 Å². The van der Waals surface area contributed by atoms with E-state index in [0.717, 1.165) is 36.2 Å². The molecule has 17 heavy (non-hydrogen) atoms. The highest BCUT2D eigenvalue weighted by atomic mass is 79.9. The Hall–Kier alpha value is -1.05. The van der Waals surface area contributed by atoms with E-state index in [2.05, 4.69) is 40.0 Å². The molecule has 0 radical (unpaired) electrons. The van der Waals surface area contributed by atoms with Gasteiger partial charge in [-0.1, -0.05) is 15.9 Å². The normalized spacial score (nSPS) is 16.5. The zero-order valence-electron chi connectivity index (χ0n) is 9.82. The number of hydrogen-bond donors (Lipinski definition) is 0. The third kappa shape index (κ3) is 2.99. The molecule has 2 rings (SSSR count). The van der Waals surface area contributed by atoms with E-state index in [0.29, 0.717) is 11.6 Å². The van der Waals surface area contributed by atoms with Crippen molar-refractivity contribution in [3.8, 4) is 6.07 Å². The summed E-state index contributed by atoms with van der Waals surface area (Å²) >= 11 is 3.44. The summed E-state index contributed by atoms with van der Waals surface area (Å²) in [5.41, 5.74) is 1.77. The lowest BCUT2D eigenvalue weighted by Crippen LogP contribution is -2.36. The Morgan fingerprint density at radius 3 is 2.71 bits per heavy atom. The average molecular weight is 295 g/mol. The molecule has 1 aliphatic rings. The highest BCUT2D eigenvalue weighted by Gasteiger charge is 2.19. The number of nitrogens with zero attached hydrogens (tertiary/aromatic N) is 2. The van der Waals surface area contributed by atoms with Crippen molar-refractivity contribution < 1.29 is 4.74 Å². The van der Waals surface area contributed by atoms with Gasteiger partial charge in [0.25, 0.3) is 0 Å². The van der Waals surface area contributed by atoms with Crippen molar-refractivity contribution in [3.05, 3.63) is 28.2 Å². The minimum absolute atomic E-state index is 0.504. The molecule has 1 heterocycles. The van der Waals surface area contributed by atoms with Crippen LogP contribution in [0, 0.1) is 11.3 Å². The first kappa shape index (κ1) is 12.4. The summed E-state index contributed by atoms with van der Waals surface area (Å²) in [7, 11) is 2.08. The van der Waals surface area contributed by atoms with Crippen LogP contribution in [-0.4, -0.2) is 26.3 Å². The fourth-order valence-corrected chi connectivity index (χ4v) is 2.61. The van der Waals surface area contributed by atoms with Crippen molar-refractivity contribution in [2.75, 3.05) is 25.2 Å². The molecular formula is C13H15BrN2O. The Bertz CT molecular complexity index is 436. The van der Waals surface area contributed by atoms with Crippen LogP contribution in [0.5, 0.6) is 0 Å². The second-order valence-corrected chi connectivity index (χ2v) is 5.18. The highest BCUT2D eigenvalue weighted by Crippen LogP contribution is 2.25. The van der Waals surface area contributed by atoms with Gasteiger partial charge in [0, 0.05) is 36.5 Å². The highest BCUT2D eigenvalue weighted by molar-refractivity contribution is 9.10. The number of hydrogen-bond acceptors (Lipinski definition) is 3. The molecule has 0 N–H and O–H groups in total.